The van der Waals surface area contributed by atoms with Gasteiger partial charge in [0.15, 0.2) is 12.4 Å². The number of ether oxygens (including phenoxy) is 4. The molecule has 1 saturated heterocycles. The number of aliphatic hydroxyl groups is 3. The van der Waals surface area contributed by atoms with E-state index in [1.54, 1.807) is 0 Å². The number of hydrogen-bond donors (Lipinski definition) is 4. The average molecular weight is 911 g/mol. The van der Waals surface area contributed by atoms with E-state index in [1.165, 1.54) is 77.0 Å². The molecule has 0 aromatic rings. The topological polar surface area (TPSA) is 186 Å². The highest BCUT2D eigenvalue weighted by Gasteiger charge is 2.46. The van der Waals surface area contributed by atoms with Crippen LogP contribution < -0.4 is 0 Å². The van der Waals surface area contributed by atoms with Crippen LogP contribution >= 0.6 is 0 Å². The minimum absolute atomic E-state index is 0.140. The van der Waals surface area contributed by atoms with Crippen molar-refractivity contribution < 1.29 is 56.8 Å². The maximum Gasteiger partial charge on any atom is 0.306 e. The first-order valence-corrected chi connectivity index (χ1v) is 26.0. The molecule has 1 aliphatic heterocycles. The van der Waals surface area contributed by atoms with Gasteiger partial charge in [0.1, 0.15) is 36.8 Å². The molecule has 2 unspecified atom stereocenters. The molecule has 0 spiro atoms. The second-order valence-corrected chi connectivity index (χ2v) is 18.3. The fourth-order valence-electron chi connectivity index (χ4n) is 7.02. The zero-order valence-electron chi connectivity index (χ0n) is 38.9. The lowest BCUT2D eigenvalue weighted by Crippen LogP contribution is -2.60. The summed E-state index contributed by atoms with van der Waals surface area (Å²) >= 11 is 0. The van der Waals surface area contributed by atoms with Crippen LogP contribution in [-0.4, -0.2) is 96.0 Å². The van der Waals surface area contributed by atoms with E-state index < -0.39 is 71.2 Å². The Labute approximate surface area is 381 Å². The molecule has 13 heteroatoms. The molecule has 0 bridgehead atoms. The van der Waals surface area contributed by atoms with Crippen LogP contribution in [0.1, 0.15) is 187 Å². The molecule has 0 aromatic heterocycles. The Balaban J connectivity index is 2.45. The number of aliphatic hydroxyl groups excluding tert-OH is 3. The molecule has 1 aliphatic rings. The summed E-state index contributed by atoms with van der Waals surface area (Å²) in [6.07, 6.45) is 39.9. The Hall–Kier alpha value is -2.65. The summed E-state index contributed by atoms with van der Waals surface area (Å²) in [7, 11) is -4.61. The predicted octanol–water partition coefficient (Wildman–Crippen LogP) is 10.5. The lowest BCUT2D eigenvalue weighted by atomic mass is 10.00. The Morgan fingerprint density at radius 3 is 1.48 bits per heavy atom. The first kappa shape index (κ1) is 58.4. The minimum Gasteiger partial charge on any atom is -0.462 e. The van der Waals surface area contributed by atoms with Crippen molar-refractivity contribution in [1.29, 1.82) is 0 Å². The Bertz CT molecular complexity index is 1390. The number of unbranched alkanes of at least 4 members (excludes halogenated alkanes) is 18. The fourth-order valence-corrected chi connectivity index (χ4v) is 7.71. The van der Waals surface area contributed by atoms with Crippen LogP contribution in [0, 0.1) is 0 Å². The smallest absolute Gasteiger partial charge is 0.306 e. The van der Waals surface area contributed by atoms with Gasteiger partial charge in [0, 0.05) is 12.8 Å². The molecule has 0 aliphatic carbocycles. The summed E-state index contributed by atoms with van der Waals surface area (Å²) in [6.45, 7) is 3.69. The van der Waals surface area contributed by atoms with E-state index >= 15 is 0 Å². The third-order valence-corrected chi connectivity index (χ3v) is 11.6. The van der Waals surface area contributed by atoms with Crippen molar-refractivity contribution in [2.45, 2.75) is 224 Å². The fraction of sp³-hybridized carbons (Fsp3) is 0.760. The van der Waals surface area contributed by atoms with Gasteiger partial charge < -0.3 is 34.3 Å². The van der Waals surface area contributed by atoms with Gasteiger partial charge in [-0.25, -0.2) is 0 Å². The van der Waals surface area contributed by atoms with Crippen LogP contribution in [0.5, 0.6) is 0 Å². The van der Waals surface area contributed by atoms with E-state index in [4.69, 9.17) is 18.9 Å². The van der Waals surface area contributed by atoms with E-state index in [0.717, 1.165) is 64.2 Å². The summed E-state index contributed by atoms with van der Waals surface area (Å²) in [4.78, 5) is 25.4. The molecule has 4 N–H and O–H groups in total. The summed E-state index contributed by atoms with van der Waals surface area (Å²) in [6, 6.07) is 0. The van der Waals surface area contributed by atoms with E-state index in [-0.39, 0.29) is 19.4 Å². The van der Waals surface area contributed by atoms with Crippen molar-refractivity contribution in [3.05, 3.63) is 60.8 Å². The van der Waals surface area contributed by atoms with Crippen LogP contribution in [0.4, 0.5) is 0 Å². The SMILES string of the molecule is CCCCCCC/C=C/CCCCCCCC(=O)O[C@H](COC(=O)CCC/C=C/C/C=C/C/C=C/C/C=C/CCCCCCCCC)CO[C@H]1O[C@H](CS(=O)(=O)O)[C@@H](O)C(O)C1O. The maximum absolute atomic E-state index is 12.8. The largest absolute Gasteiger partial charge is 0.462 e. The number of esters is 2. The summed E-state index contributed by atoms with van der Waals surface area (Å²) in [5, 5.41) is 30.9. The molecule has 6 atom stereocenters. The summed E-state index contributed by atoms with van der Waals surface area (Å²) in [5.41, 5.74) is 0. The monoisotopic (exact) mass is 911 g/mol. The highest BCUT2D eigenvalue weighted by molar-refractivity contribution is 7.85. The third-order valence-electron chi connectivity index (χ3n) is 10.8. The Morgan fingerprint density at radius 1 is 0.540 bits per heavy atom. The maximum atomic E-state index is 12.8. The van der Waals surface area contributed by atoms with Crippen LogP contribution in [0.3, 0.4) is 0 Å². The standard InChI is InChI=1S/C50H86O12S/c1-3-5-7-9-11-13-15-17-19-20-21-22-23-24-25-27-28-30-32-34-36-38-45(51)59-40-43(41-60-50-49(55)48(54)47(53)44(62-50)42-63(56,57)58)61-46(52)39-37-35-33-31-29-26-18-16-14-12-10-8-6-4-2/h16,18-20,22-23,25,27,30,32,43-44,47-50,53-55H,3-15,17,21,24,26,28-29,31,33-42H2,1-2H3,(H,56,57,58)/b18-16+,20-19+,23-22+,27-25+,32-30+/t43-,44-,47-,48?,49?,50+/m1/s1. The number of carbonyl (C=O) groups is 2. The number of rotatable bonds is 40. The minimum atomic E-state index is -4.61. The Kier molecular flexibility index (Phi) is 36.8. The highest BCUT2D eigenvalue weighted by atomic mass is 32.2. The van der Waals surface area contributed by atoms with Crippen molar-refractivity contribution in [2.24, 2.45) is 0 Å². The van der Waals surface area contributed by atoms with Crippen LogP contribution in [0.25, 0.3) is 0 Å². The zero-order chi connectivity index (χ0) is 46.2. The van der Waals surface area contributed by atoms with Crippen molar-refractivity contribution in [1.82, 2.24) is 0 Å². The second kappa shape index (κ2) is 39.7. The molecular formula is C50H86O12S. The van der Waals surface area contributed by atoms with Crippen molar-refractivity contribution in [3.63, 3.8) is 0 Å². The molecule has 0 amide bonds. The van der Waals surface area contributed by atoms with Gasteiger partial charge in [0.05, 0.1) is 6.61 Å². The molecule has 1 heterocycles. The van der Waals surface area contributed by atoms with Gasteiger partial charge in [-0.15, -0.1) is 0 Å². The Morgan fingerprint density at radius 2 is 0.968 bits per heavy atom. The highest BCUT2D eigenvalue weighted by Crippen LogP contribution is 2.24. The summed E-state index contributed by atoms with van der Waals surface area (Å²) < 4.78 is 54.1. The normalized spacial score (nSPS) is 20.3. The first-order chi connectivity index (χ1) is 30.5. The van der Waals surface area contributed by atoms with Crippen molar-refractivity contribution in [2.75, 3.05) is 19.0 Å². The molecule has 0 radical (unpaired) electrons. The van der Waals surface area contributed by atoms with Gasteiger partial charge in [-0.2, -0.15) is 8.42 Å². The molecule has 364 valence electrons. The van der Waals surface area contributed by atoms with Crippen LogP contribution in [-0.2, 0) is 38.7 Å². The lowest BCUT2D eigenvalue weighted by Gasteiger charge is -2.40. The quantitative estimate of drug-likeness (QED) is 0.0198. The zero-order valence-corrected chi connectivity index (χ0v) is 39.7. The van der Waals surface area contributed by atoms with E-state index in [9.17, 15) is 37.9 Å². The van der Waals surface area contributed by atoms with Gasteiger partial charge >= 0.3 is 11.9 Å². The number of hydrogen-bond acceptors (Lipinski definition) is 11. The molecule has 63 heavy (non-hydrogen) atoms. The predicted molar refractivity (Wildman–Crippen MR) is 252 cm³/mol. The van der Waals surface area contributed by atoms with Gasteiger partial charge in [-0.1, -0.05) is 158 Å². The third kappa shape index (κ3) is 34.4. The number of carbonyl (C=O) groups excluding carboxylic acids is 2. The van der Waals surface area contributed by atoms with Gasteiger partial charge in [0.25, 0.3) is 10.1 Å². The van der Waals surface area contributed by atoms with Crippen molar-refractivity contribution >= 4 is 22.1 Å². The van der Waals surface area contributed by atoms with E-state index in [1.807, 2.05) is 6.08 Å². The molecule has 12 nitrogen and oxygen atoms in total. The van der Waals surface area contributed by atoms with Crippen LogP contribution in [0.15, 0.2) is 60.8 Å². The average Bonchev–Trinajstić information content (AvgIpc) is 3.25. The molecule has 0 saturated carbocycles. The van der Waals surface area contributed by atoms with Crippen molar-refractivity contribution in [3.8, 4) is 0 Å². The summed E-state index contributed by atoms with van der Waals surface area (Å²) in [5.74, 6) is -2.07. The van der Waals surface area contributed by atoms with Gasteiger partial charge in [0.2, 0.25) is 0 Å². The molecule has 0 aromatic carbocycles. The van der Waals surface area contributed by atoms with E-state index in [2.05, 4.69) is 68.5 Å². The number of allylic oxidation sites excluding steroid dienone is 10. The first-order valence-electron chi connectivity index (χ1n) is 24.3. The lowest BCUT2D eigenvalue weighted by molar-refractivity contribution is -0.297. The molecular weight excluding hydrogens is 825 g/mol. The van der Waals surface area contributed by atoms with Crippen LogP contribution in [0.2, 0.25) is 0 Å². The van der Waals surface area contributed by atoms with Gasteiger partial charge in [-0.3, -0.25) is 14.1 Å². The molecule has 1 rings (SSSR count). The molecule has 1 fully saturated rings. The van der Waals surface area contributed by atoms with E-state index in [0.29, 0.717) is 19.3 Å². The van der Waals surface area contributed by atoms with Gasteiger partial charge in [-0.05, 0) is 77.0 Å². The second-order valence-electron chi connectivity index (χ2n) is 16.8.